The van der Waals surface area contributed by atoms with E-state index in [2.05, 4.69) is 5.10 Å². The van der Waals surface area contributed by atoms with E-state index in [1.54, 1.807) is 4.68 Å². The number of hydrogen-bond acceptors (Lipinski definition) is 3. The molecule has 112 valence electrons. The molecule has 1 aliphatic carbocycles. The molecule has 0 amide bonds. The molecule has 1 N–H and O–H groups in total. The molecule has 0 radical (unpaired) electrons. The van der Waals surface area contributed by atoms with Gasteiger partial charge in [0.2, 0.25) is 0 Å². The molecule has 0 saturated heterocycles. The molecule has 1 aromatic carbocycles. The molecule has 4 nitrogen and oxygen atoms in total. The van der Waals surface area contributed by atoms with Crippen LogP contribution in [0.3, 0.4) is 0 Å². The topological polar surface area (TPSA) is 47.3 Å². The van der Waals surface area contributed by atoms with Crippen LogP contribution < -0.4 is 4.74 Å². The molecule has 21 heavy (non-hydrogen) atoms. The van der Waals surface area contributed by atoms with Crippen LogP contribution in [0.25, 0.3) is 0 Å². The third-order valence-corrected chi connectivity index (χ3v) is 4.53. The van der Waals surface area contributed by atoms with Crippen molar-refractivity contribution in [3.8, 4) is 5.75 Å². The van der Waals surface area contributed by atoms with Gasteiger partial charge in [0, 0.05) is 7.05 Å². The number of fused-ring (bicyclic) bond motifs is 1. The Hall–Kier alpha value is -1.52. The molecule has 0 saturated carbocycles. The lowest BCUT2D eigenvalue weighted by Gasteiger charge is -2.22. The van der Waals surface area contributed by atoms with E-state index in [0.29, 0.717) is 11.6 Å². The van der Waals surface area contributed by atoms with Crippen LogP contribution in [0.5, 0.6) is 5.75 Å². The number of rotatable bonds is 3. The van der Waals surface area contributed by atoms with Crippen molar-refractivity contribution in [2.24, 2.45) is 7.05 Å². The van der Waals surface area contributed by atoms with E-state index >= 15 is 0 Å². The van der Waals surface area contributed by atoms with Crippen LogP contribution in [-0.2, 0) is 20.1 Å². The monoisotopic (exact) mass is 306 g/mol. The van der Waals surface area contributed by atoms with E-state index in [1.165, 1.54) is 5.56 Å². The summed E-state index contributed by atoms with van der Waals surface area (Å²) in [6, 6.07) is 5.94. The molecule has 0 spiro atoms. The highest BCUT2D eigenvalue weighted by atomic mass is 35.5. The number of aliphatic hydroxyl groups excluding tert-OH is 1. The number of aromatic nitrogens is 2. The smallest absolute Gasteiger partial charge is 0.131 e. The number of ether oxygens (including phenoxy) is 1. The normalized spacial score (nSPS) is 17.6. The molecule has 0 unspecified atom stereocenters. The molecule has 5 heteroatoms. The van der Waals surface area contributed by atoms with Crippen LogP contribution >= 0.6 is 11.6 Å². The summed E-state index contributed by atoms with van der Waals surface area (Å²) in [5, 5.41) is 15.0. The number of aryl methyl sites for hydroxylation is 3. The van der Waals surface area contributed by atoms with Crippen LogP contribution in [0.1, 0.15) is 41.5 Å². The third-order valence-electron chi connectivity index (χ3n) is 4.04. The minimum absolute atomic E-state index is 0.366. The summed E-state index contributed by atoms with van der Waals surface area (Å²) >= 11 is 6.22. The maximum atomic E-state index is 10.1. The molecule has 1 aliphatic rings. The van der Waals surface area contributed by atoms with Crippen molar-refractivity contribution in [3.05, 3.63) is 45.7 Å². The Morgan fingerprint density at radius 3 is 3.00 bits per heavy atom. The summed E-state index contributed by atoms with van der Waals surface area (Å²) in [6.45, 7) is 2.24. The first-order valence-electron chi connectivity index (χ1n) is 7.18. The highest BCUT2D eigenvalue weighted by molar-refractivity contribution is 6.31. The molecule has 1 atom stereocenters. The Morgan fingerprint density at radius 1 is 1.48 bits per heavy atom. The lowest BCUT2D eigenvalue weighted by molar-refractivity contribution is 0.156. The lowest BCUT2D eigenvalue weighted by Crippen LogP contribution is -2.10. The average Bonchev–Trinajstić information content (AvgIpc) is 2.71. The van der Waals surface area contributed by atoms with Crippen LogP contribution in [0.4, 0.5) is 0 Å². The predicted octanol–water partition coefficient (Wildman–Crippen LogP) is 3.33. The van der Waals surface area contributed by atoms with Gasteiger partial charge in [0.1, 0.15) is 12.4 Å². The van der Waals surface area contributed by atoms with E-state index in [0.717, 1.165) is 42.0 Å². The van der Waals surface area contributed by atoms with E-state index < -0.39 is 0 Å². The van der Waals surface area contributed by atoms with Crippen molar-refractivity contribution in [1.82, 2.24) is 9.78 Å². The van der Waals surface area contributed by atoms with Gasteiger partial charge in [-0.3, -0.25) is 4.68 Å². The van der Waals surface area contributed by atoms with Gasteiger partial charge in [-0.1, -0.05) is 17.7 Å². The van der Waals surface area contributed by atoms with Crippen LogP contribution in [0.15, 0.2) is 18.2 Å². The predicted molar refractivity (Wildman–Crippen MR) is 81.6 cm³/mol. The first-order valence-corrected chi connectivity index (χ1v) is 7.55. The van der Waals surface area contributed by atoms with E-state index in [1.807, 2.05) is 32.2 Å². The van der Waals surface area contributed by atoms with Crippen molar-refractivity contribution >= 4 is 11.6 Å². The molecule has 2 aromatic rings. The van der Waals surface area contributed by atoms with Gasteiger partial charge >= 0.3 is 0 Å². The maximum absolute atomic E-state index is 10.1. The fraction of sp³-hybridized carbons (Fsp3) is 0.438. The number of hydrogen-bond donors (Lipinski definition) is 1. The standard InChI is InChI=1S/C16H19ClN2O2/c1-10-16(17)14(19(2)18-10)9-21-12-7-6-11-4-3-5-15(20)13(11)8-12/h6-8,15,20H,3-5,9H2,1-2H3/t15-/m0/s1. The summed E-state index contributed by atoms with van der Waals surface area (Å²) in [6.07, 6.45) is 2.51. The molecule has 0 fully saturated rings. The van der Waals surface area contributed by atoms with Crippen molar-refractivity contribution in [2.45, 2.75) is 38.9 Å². The molecule has 1 aromatic heterocycles. The van der Waals surface area contributed by atoms with Gasteiger partial charge in [0.05, 0.1) is 22.5 Å². The molecule has 1 heterocycles. The number of nitrogens with zero attached hydrogens (tertiary/aromatic N) is 2. The Morgan fingerprint density at radius 2 is 2.29 bits per heavy atom. The number of benzene rings is 1. The Kier molecular flexibility index (Phi) is 3.91. The highest BCUT2D eigenvalue weighted by Crippen LogP contribution is 2.32. The van der Waals surface area contributed by atoms with Gasteiger partial charge in [-0.2, -0.15) is 5.10 Å². The van der Waals surface area contributed by atoms with E-state index in [9.17, 15) is 5.11 Å². The third kappa shape index (κ3) is 2.78. The van der Waals surface area contributed by atoms with Gasteiger partial charge in [0.25, 0.3) is 0 Å². The summed E-state index contributed by atoms with van der Waals surface area (Å²) < 4.78 is 7.57. The minimum Gasteiger partial charge on any atom is -0.487 e. The van der Waals surface area contributed by atoms with Crippen molar-refractivity contribution < 1.29 is 9.84 Å². The minimum atomic E-state index is -0.375. The van der Waals surface area contributed by atoms with Crippen LogP contribution in [-0.4, -0.2) is 14.9 Å². The fourth-order valence-corrected chi connectivity index (χ4v) is 3.05. The first kappa shape index (κ1) is 14.4. The zero-order valence-electron chi connectivity index (χ0n) is 12.3. The molecular weight excluding hydrogens is 288 g/mol. The Bertz CT molecular complexity index is 667. The average molecular weight is 307 g/mol. The van der Waals surface area contributed by atoms with Gasteiger partial charge in [-0.05, 0) is 49.4 Å². The van der Waals surface area contributed by atoms with E-state index in [-0.39, 0.29) is 6.10 Å². The second-order valence-electron chi connectivity index (χ2n) is 5.53. The maximum Gasteiger partial charge on any atom is 0.131 e. The highest BCUT2D eigenvalue weighted by Gasteiger charge is 2.19. The summed E-state index contributed by atoms with van der Waals surface area (Å²) in [5.74, 6) is 0.754. The fourth-order valence-electron chi connectivity index (χ4n) is 2.83. The zero-order chi connectivity index (χ0) is 15.0. The van der Waals surface area contributed by atoms with Gasteiger partial charge < -0.3 is 9.84 Å². The van der Waals surface area contributed by atoms with Crippen molar-refractivity contribution in [1.29, 1.82) is 0 Å². The van der Waals surface area contributed by atoms with E-state index in [4.69, 9.17) is 16.3 Å². The summed E-state index contributed by atoms with van der Waals surface area (Å²) in [7, 11) is 1.86. The summed E-state index contributed by atoms with van der Waals surface area (Å²) in [5.41, 5.74) is 3.87. The second-order valence-corrected chi connectivity index (χ2v) is 5.90. The molecule has 0 aliphatic heterocycles. The zero-order valence-corrected chi connectivity index (χ0v) is 13.0. The van der Waals surface area contributed by atoms with Crippen LogP contribution in [0.2, 0.25) is 5.02 Å². The van der Waals surface area contributed by atoms with Crippen LogP contribution in [0, 0.1) is 6.92 Å². The van der Waals surface area contributed by atoms with Gasteiger partial charge in [0.15, 0.2) is 0 Å². The lowest BCUT2D eigenvalue weighted by atomic mass is 9.89. The van der Waals surface area contributed by atoms with Gasteiger partial charge in [-0.25, -0.2) is 0 Å². The Labute approximate surface area is 129 Å². The second kappa shape index (κ2) is 5.70. The van der Waals surface area contributed by atoms with Crippen molar-refractivity contribution in [2.75, 3.05) is 0 Å². The molecule has 0 bridgehead atoms. The van der Waals surface area contributed by atoms with Gasteiger partial charge in [-0.15, -0.1) is 0 Å². The number of halogens is 1. The number of aliphatic hydroxyl groups is 1. The Balaban J connectivity index is 1.78. The first-order chi connectivity index (χ1) is 10.1. The largest absolute Gasteiger partial charge is 0.487 e. The molecular formula is C16H19ClN2O2. The SMILES string of the molecule is Cc1nn(C)c(COc2ccc3c(c2)[C@@H](O)CCC3)c1Cl. The summed E-state index contributed by atoms with van der Waals surface area (Å²) in [4.78, 5) is 0. The molecule has 3 rings (SSSR count). The quantitative estimate of drug-likeness (QED) is 0.946. The van der Waals surface area contributed by atoms with Crippen molar-refractivity contribution in [3.63, 3.8) is 0 Å².